The van der Waals surface area contributed by atoms with Gasteiger partial charge >= 0.3 is 5.97 Å². The third-order valence-electron chi connectivity index (χ3n) is 4.81. The van der Waals surface area contributed by atoms with Crippen molar-refractivity contribution in [2.75, 3.05) is 19.4 Å². The normalized spacial score (nSPS) is 11.0. The van der Waals surface area contributed by atoms with Crippen LogP contribution in [0.3, 0.4) is 0 Å². The van der Waals surface area contributed by atoms with Crippen LogP contribution in [0.15, 0.2) is 48.5 Å². The van der Waals surface area contributed by atoms with Gasteiger partial charge in [0.2, 0.25) is 0 Å². The zero-order valence-corrected chi connectivity index (χ0v) is 16.7. The van der Waals surface area contributed by atoms with E-state index in [0.29, 0.717) is 40.0 Å². The Morgan fingerprint density at radius 3 is 2.37 bits per heavy atom. The molecule has 0 aliphatic rings. The number of rotatable bonds is 5. The number of fused-ring (bicyclic) bond motifs is 2. The standard InChI is InChI=1S/C22H21N5O3/c1-3-12-24-21(28)17-18-20(26-16-7-5-4-6-15(16)25-18)27(19(17)23)14-10-8-13(9-11-14)22(29)30-2/h4-11H,3,12,23H2,1-2H3,(H,24,28). The molecule has 152 valence electrons. The molecule has 2 heterocycles. The summed E-state index contributed by atoms with van der Waals surface area (Å²) in [6.45, 7) is 2.50. The molecule has 4 rings (SSSR count). The van der Waals surface area contributed by atoms with Gasteiger partial charge in [0.05, 0.1) is 23.7 Å². The summed E-state index contributed by atoms with van der Waals surface area (Å²) in [6, 6.07) is 14.2. The molecule has 8 heteroatoms. The van der Waals surface area contributed by atoms with E-state index in [9.17, 15) is 9.59 Å². The summed E-state index contributed by atoms with van der Waals surface area (Å²) in [4.78, 5) is 34.0. The molecule has 0 unspecified atom stereocenters. The van der Waals surface area contributed by atoms with Crippen molar-refractivity contribution >= 4 is 39.9 Å². The second-order valence-corrected chi connectivity index (χ2v) is 6.77. The van der Waals surface area contributed by atoms with Crippen molar-refractivity contribution in [3.05, 3.63) is 59.7 Å². The summed E-state index contributed by atoms with van der Waals surface area (Å²) in [6.07, 6.45) is 0.799. The Hall–Kier alpha value is -3.94. The van der Waals surface area contributed by atoms with Crippen LogP contribution in [0.1, 0.15) is 34.1 Å². The molecule has 0 fully saturated rings. The van der Waals surface area contributed by atoms with E-state index in [2.05, 4.69) is 10.3 Å². The number of nitrogens with two attached hydrogens (primary N) is 1. The number of nitrogens with zero attached hydrogens (tertiary/aromatic N) is 3. The zero-order chi connectivity index (χ0) is 21.3. The van der Waals surface area contributed by atoms with Gasteiger partial charge in [0.25, 0.3) is 5.91 Å². The molecule has 0 aliphatic carbocycles. The maximum atomic E-state index is 12.9. The maximum Gasteiger partial charge on any atom is 0.337 e. The van der Waals surface area contributed by atoms with Crippen molar-refractivity contribution in [1.82, 2.24) is 19.9 Å². The number of esters is 1. The Morgan fingerprint density at radius 1 is 1.07 bits per heavy atom. The quantitative estimate of drug-likeness (QED) is 0.495. The highest BCUT2D eigenvalue weighted by atomic mass is 16.5. The number of aromatic nitrogens is 3. The maximum absolute atomic E-state index is 12.9. The minimum Gasteiger partial charge on any atom is -0.465 e. The summed E-state index contributed by atoms with van der Waals surface area (Å²) in [5.74, 6) is -0.495. The first-order valence-corrected chi connectivity index (χ1v) is 9.58. The number of carbonyl (C=O) groups excluding carboxylic acids is 2. The number of hydrogen-bond acceptors (Lipinski definition) is 6. The van der Waals surface area contributed by atoms with Gasteiger partial charge < -0.3 is 15.8 Å². The number of benzene rings is 2. The summed E-state index contributed by atoms with van der Waals surface area (Å²) >= 11 is 0. The molecule has 1 amide bonds. The zero-order valence-electron chi connectivity index (χ0n) is 16.7. The molecule has 4 aromatic rings. The number of nitrogen functional groups attached to an aromatic ring is 1. The molecular weight excluding hydrogens is 382 g/mol. The van der Waals surface area contributed by atoms with E-state index in [1.165, 1.54) is 7.11 Å². The van der Waals surface area contributed by atoms with Gasteiger partial charge in [-0.3, -0.25) is 9.36 Å². The first-order chi connectivity index (χ1) is 14.5. The lowest BCUT2D eigenvalue weighted by Crippen LogP contribution is -2.25. The molecule has 2 aromatic heterocycles. The van der Waals surface area contributed by atoms with Gasteiger partial charge in [-0.15, -0.1) is 0 Å². The molecule has 3 N–H and O–H groups in total. The molecule has 0 spiro atoms. The van der Waals surface area contributed by atoms with E-state index in [4.69, 9.17) is 15.5 Å². The molecule has 0 radical (unpaired) electrons. The van der Waals surface area contributed by atoms with Crippen LogP contribution in [0.2, 0.25) is 0 Å². The molecule has 2 aromatic carbocycles. The Labute approximate surface area is 172 Å². The number of methoxy groups -OCH3 is 1. The third-order valence-corrected chi connectivity index (χ3v) is 4.81. The van der Waals surface area contributed by atoms with Crippen LogP contribution in [0.5, 0.6) is 0 Å². The Kier molecular flexibility index (Phi) is 5.05. The third kappa shape index (κ3) is 3.22. The van der Waals surface area contributed by atoms with Crippen LogP contribution in [0, 0.1) is 0 Å². The van der Waals surface area contributed by atoms with Crippen LogP contribution in [0.4, 0.5) is 5.82 Å². The second-order valence-electron chi connectivity index (χ2n) is 6.77. The number of anilines is 1. The molecule has 0 saturated carbocycles. The molecular formula is C22H21N5O3. The highest BCUT2D eigenvalue weighted by Gasteiger charge is 2.24. The van der Waals surface area contributed by atoms with Gasteiger partial charge in [-0.1, -0.05) is 19.1 Å². The average Bonchev–Trinajstić information content (AvgIpc) is 3.06. The summed E-state index contributed by atoms with van der Waals surface area (Å²) in [5, 5.41) is 2.86. The van der Waals surface area contributed by atoms with Crippen LogP contribution >= 0.6 is 0 Å². The summed E-state index contributed by atoms with van der Waals surface area (Å²) < 4.78 is 6.43. The van der Waals surface area contributed by atoms with Crippen molar-refractivity contribution in [2.45, 2.75) is 13.3 Å². The van der Waals surface area contributed by atoms with E-state index in [0.717, 1.165) is 6.42 Å². The molecule has 0 aliphatic heterocycles. The smallest absolute Gasteiger partial charge is 0.337 e. The SMILES string of the molecule is CCCNC(=O)c1c(N)n(-c2ccc(C(=O)OC)cc2)c2nc3ccccc3nc12. The van der Waals surface area contributed by atoms with Gasteiger partial charge in [0.1, 0.15) is 16.9 Å². The van der Waals surface area contributed by atoms with E-state index >= 15 is 0 Å². The number of nitrogens with one attached hydrogen (secondary N) is 1. The van der Waals surface area contributed by atoms with Crippen molar-refractivity contribution < 1.29 is 14.3 Å². The first-order valence-electron chi connectivity index (χ1n) is 9.58. The van der Waals surface area contributed by atoms with Crippen molar-refractivity contribution in [2.24, 2.45) is 0 Å². The summed E-state index contributed by atoms with van der Waals surface area (Å²) in [7, 11) is 1.33. The van der Waals surface area contributed by atoms with Gasteiger partial charge in [0.15, 0.2) is 5.65 Å². The van der Waals surface area contributed by atoms with Crippen molar-refractivity contribution in [3.8, 4) is 5.69 Å². The van der Waals surface area contributed by atoms with Crippen LogP contribution in [-0.4, -0.2) is 40.1 Å². The monoisotopic (exact) mass is 403 g/mol. The Bertz CT molecular complexity index is 1260. The average molecular weight is 403 g/mol. The second kappa shape index (κ2) is 7.82. The van der Waals surface area contributed by atoms with E-state index in [-0.39, 0.29) is 17.3 Å². The number of amides is 1. The molecule has 0 bridgehead atoms. The Balaban J connectivity index is 1.96. The number of hydrogen-bond donors (Lipinski definition) is 2. The largest absolute Gasteiger partial charge is 0.465 e. The number of ether oxygens (including phenoxy) is 1. The highest BCUT2D eigenvalue weighted by molar-refractivity contribution is 6.11. The molecule has 30 heavy (non-hydrogen) atoms. The van der Waals surface area contributed by atoms with Crippen LogP contribution in [-0.2, 0) is 4.74 Å². The van der Waals surface area contributed by atoms with E-state index < -0.39 is 5.97 Å². The topological polar surface area (TPSA) is 112 Å². The fourth-order valence-corrected chi connectivity index (χ4v) is 3.34. The summed E-state index contributed by atoms with van der Waals surface area (Å²) in [5.41, 5.74) is 10.1. The number of carbonyl (C=O) groups is 2. The van der Waals surface area contributed by atoms with Crippen molar-refractivity contribution in [1.29, 1.82) is 0 Å². The van der Waals surface area contributed by atoms with Gasteiger partial charge in [-0.25, -0.2) is 14.8 Å². The Morgan fingerprint density at radius 2 is 1.73 bits per heavy atom. The predicted molar refractivity (Wildman–Crippen MR) is 115 cm³/mol. The van der Waals surface area contributed by atoms with Crippen LogP contribution < -0.4 is 11.1 Å². The number of para-hydroxylation sites is 2. The molecule has 0 atom stereocenters. The van der Waals surface area contributed by atoms with E-state index in [1.54, 1.807) is 28.8 Å². The van der Waals surface area contributed by atoms with Gasteiger partial charge in [0, 0.05) is 12.2 Å². The lowest BCUT2D eigenvalue weighted by atomic mass is 10.2. The lowest BCUT2D eigenvalue weighted by molar-refractivity contribution is 0.0600. The fourth-order valence-electron chi connectivity index (χ4n) is 3.34. The van der Waals surface area contributed by atoms with Gasteiger partial charge in [-0.2, -0.15) is 0 Å². The molecule has 0 saturated heterocycles. The predicted octanol–water partition coefficient (Wildman–Crippen LogP) is 3.08. The lowest BCUT2D eigenvalue weighted by Gasteiger charge is -2.09. The van der Waals surface area contributed by atoms with E-state index in [1.807, 2.05) is 31.2 Å². The van der Waals surface area contributed by atoms with Crippen LogP contribution in [0.25, 0.3) is 27.9 Å². The minimum atomic E-state index is -0.433. The first kappa shape index (κ1) is 19.4. The fraction of sp³-hybridized carbons (Fsp3) is 0.182. The van der Waals surface area contributed by atoms with Gasteiger partial charge in [-0.05, 0) is 42.8 Å². The van der Waals surface area contributed by atoms with Crippen molar-refractivity contribution in [3.63, 3.8) is 0 Å². The highest BCUT2D eigenvalue weighted by Crippen LogP contribution is 2.31. The minimum absolute atomic E-state index is 0.236. The molecule has 8 nitrogen and oxygen atoms in total.